The first-order chi connectivity index (χ1) is 8.91. The van der Waals surface area contributed by atoms with Crippen LogP contribution in [0.15, 0.2) is 53.4 Å². The van der Waals surface area contributed by atoms with E-state index in [2.05, 4.69) is 0 Å². The third-order valence-electron chi connectivity index (χ3n) is 2.61. The van der Waals surface area contributed by atoms with Gasteiger partial charge in [-0.1, -0.05) is 41.4 Å². The molecule has 0 aliphatic rings. The maximum Gasteiger partial charge on any atom is 0.264 e. The number of halogens is 2. The molecule has 2 aromatic rings. The molecule has 2 rings (SSSR count). The largest absolute Gasteiger partial charge is 0.269 e. The Balaban J connectivity index is 2.46. The van der Waals surface area contributed by atoms with Crippen molar-refractivity contribution in [3.8, 4) is 0 Å². The maximum absolute atomic E-state index is 12.4. The van der Waals surface area contributed by atoms with Crippen molar-refractivity contribution in [3.63, 3.8) is 0 Å². The summed E-state index contributed by atoms with van der Waals surface area (Å²) in [4.78, 5) is 0.216. The van der Waals surface area contributed by atoms with E-state index in [1.165, 1.54) is 19.2 Å². The van der Waals surface area contributed by atoms with E-state index in [0.29, 0.717) is 15.7 Å². The quantitative estimate of drug-likeness (QED) is 0.863. The Morgan fingerprint density at radius 3 is 2.00 bits per heavy atom. The minimum Gasteiger partial charge on any atom is -0.269 e. The molecule has 2 aromatic carbocycles. The molecular formula is C13H11Cl2NO2S. The van der Waals surface area contributed by atoms with Gasteiger partial charge >= 0.3 is 0 Å². The fourth-order valence-electron chi connectivity index (χ4n) is 1.61. The molecule has 0 saturated carbocycles. The van der Waals surface area contributed by atoms with Gasteiger partial charge in [0.05, 0.1) is 10.6 Å². The average molecular weight is 316 g/mol. The first kappa shape index (κ1) is 14.2. The van der Waals surface area contributed by atoms with Crippen LogP contribution in [0.3, 0.4) is 0 Å². The summed E-state index contributed by atoms with van der Waals surface area (Å²) in [6.07, 6.45) is 0. The van der Waals surface area contributed by atoms with Gasteiger partial charge in [0, 0.05) is 17.1 Å². The van der Waals surface area contributed by atoms with Crippen LogP contribution in [-0.4, -0.2) is 15.5 Å². The third-order valence-corrected chi connectivity index (χ3v) is 4.85. The van der Waals surface area contributed by atoms with Crippen molar-refractivity contribution < 1.29 is 8.42 Å². The molecule has 0 heterocycles. The van der Waals surface area contributed by atoms with Crippen LogP contribution < -0.4 is 4.31 Å². The molecule has 3 nitrogen and oxygen atoms in total. The Labute approximate surface area is 122 Å². The normalized spacial score (nSPS) is 11.3. The lowest BCUT2D eigenvalue weighted by Crippen LogP contribution is -2.26. The van der Waals surface area contributed by atoms with Gasteiger partial charge in [0.2, 0.25) is 0 Å². The zero-order chi connectivity index (χ0) is 14.0. The first-order valence-electron chi connectivity index (χ1n) is 5.41. The van der Waals surface area contributed by atoms with Crippen LogP contribution in [0.25, 0.3) is 0 Å². The molecule has 0 fully saturated rings. The standard InChI is InChI=1S/C13H11Cl2NO2S/c1-16(12-8-10(14)7-11(15)9-12)19(17,18)13-5-3-2-4-6-13/h2-9H,1H3. The molecule has 6 heteroatoms. The van der Waals surface area contributed by atoms with Crippen molar-refractivity contribution in [2.24, 2.45) is 0 Å². The van der Waals surface area contributed by atoms with E-state index in [0.717, 1.165) is 4.31 Å². The summed E-state index contributed by atoms with van der Waals surface area (Å²) in [5.74, 6) is 0. The third kappa shape index (κ3) is 3.03. The van der Waals surface area contributed by atoms with Crippen molar-refractivity contribution in [1.82, 2.24) is 0 Å². The van der Waals surface area contributed by atoms with E-state index < -0.39 is 10.0 Å². The van der Waals surface area contributed by atoms with Crippen molar-refractivity contribution in [1.29, 1.82) is 0 Å². The molecule has 0 atom stereocenters. The molecule has 0 bridgehead atoms. The van der Waals surface area contributed by atoms with Crippen molar-refractivity contribution >= 4 is 38.9 Å². The van der Waals surface area contributed by atoms with Crippen LogP contribution >= 0.6 is 23.2 Å². The second kappa shape index (κ2) is 5.41. The van der Waals surface area contributed by atoms with Gasteiger partial charge in [-0.2, -0.15) is 0 Å². The molecule has 0 aromatic heterocycles. The molecule has 0 aliphatic carbocycles. The van der Waals surface area contributed by atoms with Gasteiger partial charge in [-0.3, -0.25) is 4.31 Å². The summed E-state index contributed by atoms with van der Waals surface area (Å²) < 4.78 is 25.9. The van der Waals surface area contributed by atoms with Crippen molar-refractivity contribution in [2.45, 2.75) is 4.90 Å². The molecule has 0 N–H and O–H groups in total. The SMILES string of the molecule is CN(c1cc(Cl)cc(Cl)c1)S(=O)(=O)c1ccccc1. The summed E-state index contributed by atoms with van der Waals surface area (Å²) in [6.45, 7) is 0. The summed E-state index contributed by atoms with van der Waals surface area (Å²) >= 11 is 11.8. The highest BCUT2D eigenvalue weighted by atomic mass is 35.5. The number of nitrogens with zero attached hydrogens (tertiary/aromatic N) is 1. The van der Waals surface area contributed by atoms with E-state index in [1.807, 2.05) is 0 Å². The zero-order valence-electron chi connectivity index (χ0n) is 10.0. The zero-order valence-corrected chi connectivity index (χ0v) is 12.4. The lowest BCUT2D eigenvalue weighted by Gasteiger charge is -2.20. The number of hydrogen-bond donors (Lipinski definition) is 0. The van der Waals surface area contributed by atoms with E-state index >= 15 is 0 Å². The lowest BCUT2D eigenvalue weighted by atomic mass is 10.3. The van der Waals surface area contributed by atoms with Crippen molar-refractivity contribution in [3.05, 3.63) is 58.6 Å². The average Bonchev–Trinajstić information content (AvgIpc) is 2.37. The van der Waals surface area contributed by atoms with Gasteiger partial charge in [-0.05, 0) is 30.3 Å². The molecule has 0 aliphatic heterocycles. The Morgan fingerprint density at radius 1 is 0.947 bits per heavy atom. The second-order valence-corrected chi connectivity index (χ2v) is 6.76. The van der Waals surface area contributed by atoms with Crippen LogP contribution in [0.5, 0.6) is 0 Å². The van der Waals surface area contributed by atoms with Gasteiger partial charge in [0.25, 0.3) is 10.0 Å². The molecule has 0 spiro atoms. The number of sulfonamides is 1. The monoisotopic (exact) mass is 315 g/mol. The highest BCUT2D eigenvalue weighted by molar-refractivity contribution is 7.92. The summed E-state index contributed by atoms with van der Waals surface area (Å²) in [7, 11) is -2.15. The number of rotatable bonds is 3. The fourth-order valence-corrected chi connectivity index (χ4v) is 3.33. The predicted molar refractivity (Wildman–Crippen MR) is 78.5 cm³/mol. The van der Waals surface area contributed by atoms with Crippen LogP contribution in [-0.2, 0) is 10.0 Å². The molecule has 0 unspecified atom stereocenters. The Morgan fingerprint density at radius 2 is 1.47 bits per heavy atom. The van der Waals surface area contributed by atoms with Gasteiger partial charge in [-0.25, -0.2) is 8.42 Å². The van der Waals surface area contributed by atoms with Gasteiger partial charge in [-0.15, -0.1) is 0 Å². The minimum absolute atomic E-state index is 0.216. The molecule has 0 radical (unpaired) electrons. The van der Waals surface area contributed by atoms with Crippen molar-refractivity contribution in [2.75, 3.05) is 11.4 Å². The first-order valence-corrected chi connectivity index (χ1v) is 7.61. The van der Waals surface area contributed by atoms with Gasteiger partial charge < -0.3 is 0 Å². The van der Waals surface area contributed by atoms with Gasteiger partial charge in [0.1, 0.15) is 0 Å². The van der Waals surface area contributed by atoms with Crippen LogP contribution in [0.4, 0.5) is 5.69 Å². The molecule has 19 heavy (non-hydrogen) atoms. The molecule has 100 valence electrons. The second-order valence-electron chi connectivity index (χ2n) is 3.91. The Hall–Kier alpha value is -1.23. The fraction of sp³-hybridized carbons (Fsp3) is 0.0769. The minimum atomic E-state index is -3.61. The smallest absolute Gasteiger partial charge is 0.264 e. The Kier molecular flexibility index (Phi) is 4.04. The topological polar surface area (TPSA) is 37.4 Å². The molecule has 0 saturated heterocycles. The molecule has 0 amide bonds. The maximum atomic E-state index is 12.4. The van der Waals surface area contributed by atoms with Crippen LogP contribution in [0.1, 0.15) is 0 Å². The van der Waals surface area contributed by atoms with Crippen LogP contribution in [0.2, 0.25) is 10.0 Å². The number of anilines is 1. The summed E-state index contributed by atoms with van der Waals surface area (Å²) in [6, 6.07) is 12.8. The van der Waals surface area contributed by atoms with Crippen LogP contribution in [0, 0.1) is 0 Å². The molecular weight excluding hydrogens is 305 g/mol. The predicted octanol–water partition coefficient (Wildman–Crippen LogP) is 3.82. The highest BCUT2D eigenvalue weighted by Gasteiger charge is 2.21. The van der Waals surface area contributed by atoms with E-state index in [1.54, 1.807) is 36.4 Å². The van der Waals surface area contributed by atoms with Gasteiger partial charge in [0.15, 0.2) is 0 Å². The number of benzene rings is 2. The highest BCUT2D eigenvalue weighted by Crippen LogP contribution is 2.28. The lowest BCUT2D eigenvalue weighted by molar-refractivity contribution is 0.594. The summed E-state index contributed by atoms with van der Waals surface area (Å²) in [5.41, 5.74) is 0.418. The number of hydrogen-bond acceptors (Lipinski definition) is 2. The summed E-state index contributed by atoms with van der Waals surface area (Å²) in [5, 5.41) is 0.773. The van der Waals surface area contributed by atoms with E-state index in [-0.39, 0.29) is 4.90 Å². The Bertz CT molecular complexity index is 667. The van der Waals surface area contributed by atoms with E-state index in [9.17, 15) is 8.42 Å². The van der Waals surface area contributed by atoms with E-state index in [4.69, 9.17) is 23.2 Å².